The average molecular weight is 342 g/mol. The van der Waals surface area contributed by atoms with Crippen LogP contribution in [0.5, 0.6) is 0 Å². The molecule has 0 unspecified atom stereocenters. The van der Waals surface area contributed by atoms with Crippen molar-refractivity contribution in [3.8, 4) is 0 Å². The van der Waals surface area contributed by atoms with Crippen LogP contribution in [0.15, 0.2) is 33.9 Å². The topological polar surface area (TPSA) is 55.4 Å². The molecule has 1 amide bonds. The van der Waals surface area contributed by atoms with Crippen molar-refractivity contribution in [2.75, 3.05) is 7.11 Å². The molecule has 2 rings (SSSR count). The molecule has 0 saturated carbocycles. The predicted octanol–water partition coefficient (Wildman–Crippen LogP) is 2.64. The zero-order valence-electron chi connectivity index (χ0n) is 11.0. The van der Waals surface area contributed by atoms with Gasteiger partial charge >= 0.3 is 5.97 Å². The molecule has 20 heavy (non-hydrogen) atoms. The van der Waals surface area contributed by atoms with Crippen molar-refractivity contribution >= 4 is 27.8 Å². The number of hydrogen-bond donors (Lipinski definition) is 1. The van der Waals surface area contributed by atoms with Crippen molar-refractivity contribution in [2.45, 2.75) is 19.3 Å². The highest BCUT2D eigenvalue weighted by molar-refractivity contribution is 9.10. The second-order valence-electron chi connectivity index (χ2n) is 4.51. The number of benzene rings is 1. The molecule has 6 heteroatoms. The van der Waals surface area contributed by atoms with E-state index in [1.54, 1.807) is 19.1 Å². The van der Waals surface area contributed by atoms with E-state index in [4.69, 9.17) is 4.74 Å². The van der Waals surface area contributed by atoms with E-state index < -0.39 is 17.7 Å². The molecule has 0 aromatic heterocycles. The van der Waals surface area contributed by atoms with E-state index in [-0.39, 0.29) is 12.3 Å². The van der Waals surface area contributed by atoms with E-state index in [0.29, 0.717) is 21.3 Å². The summed E-state index contributed by atoms with van der Waals surface area (Å²) in [5.41, 5.74) is 1.55. The number of rotatable bonds is 2. The molecule has 0 fully saturated rings. The lowest BCUT2D eigenvalue weighted by Gasteiger charge is -2.26. The molecule has 0 spiro atoms. The summed E-state index contributed by atoms with van der Waals surface area (Å²) in [6, 6.07) is 4.45. The number of amides is 1. The van der Waals surface area contributed by atoms with Crippen LogP contribution in [0.2, 0.25) is 0 Å². The first-order valence-electron chi connectivity index (χ1n) is 5.98. The van der Waals surface area contributed by atoms with E-state index in [1.807, 2.05) is 0 Å². The Kier molecular flexibility index (Phi) is 4.23. The van der Waals surface area contributed by atoms with Crippen molar-refractivity contribution in [2.24, 2.45) is 0 Å². The van der Waals surface area contributed by atoms with Crippen LogP contribution in [0.1, 0.15) is 24.8 Å². The first kappa shape index (κ1) is 14.7. The van der Waals surface area contributed by atoms with Crippen molar-refractivity contribution in [1.29, 1.82) is 0 Å². The summed E-state index contributed by atoms with van der Waals surface area (Å²) in [6.45, 7) is 1.65. The van der Waals surface area contributed by atoms with Crippen molar-refractivity contribution in [1.82, 2.24) is 5.32 Å². The van der Waals surface area contributed by atoms with E-state index in [1.165, 1.54) is 13.2 Å². The van der Waals surface area contributed by atoms with Crippen molar-refractivity contribution in [3.05, 3.63) is 45.3 Å². The van der Waals surface area contributed by atoms with E-state index in [2.05, 4.69) is 21.2 Å². The van der Waals surface area contributed by atoms with Gasteiger partial charge in [-0.15, -0.1) is 0 Å². The highest BCUT2D eigenvalue weighted by Gasteiger charge is 2.32. The van der Waals surface area contributed by atoms with Crippen LogP contribution in [0.3, 0.4) is 0 Å². The predicted molar refractivity (Wildman–Crippen MR) is 74.3 cm³/mol. The second kappa shape index (κ2) is 5.75. The molecular weight excluding hydrogens is 329 g/mol. The smallest absolute Gasteiger partial charge is 0.336 e. The van der Waals surface area contributed by atoms with Gasteiger partial charge in [-0.2, -0.15) is 0 Å². The molecule has 1 aromatic rings. The van der Waals surface area contributed by atoms with E-state index in [9.17, 15) is 14.0 Å². The Morgan fingerprint density at radius 1 is 1.50 bits per heavy atom. The summed E-state index contributed by atoms with van der Waals surface area (Å²) in [7, 11) is 1.29. The van der Waals surface area contributed by atoms with Gasteiger partial charge in [0.05, 0.1) is 17.2 Å². The summed E-state index contributed by atoms with van der Waals surface area (Å²) in [5, 5.41) is 2.62. The quantitative estimate of drug-likeness (QED) is 0.841. The summed E-state index contributed by atoms with van der Waals surface area (Å²) in [5.74, 6) is -1.50. The molecule has 0 radical (unpaired) electrons. The fraction of sp³-hybridized carbons (Fsp3) is 0.286. The number of esters is 1. The molecule has 0 bridgehead atoms. The molecule has 1 heterocycles. The number of nitrogens with one attached hydrogen (secondary N) is 1. The number of methoxy groups -OCH3 is 1. The third-order valence-corrected chi connectivity index (χ3v) is 3.83. The minimum Gasteiger partial charge on any atom is -0.466 e. The molecule has 4 nitrogen and oxygen atoms in total. The van der Waals surface area contributed by atoms with Gasteiger partial charge in [-0.25, -0.2) is 9.18 Å². The Balaban J connectivity index is 2.50. The second-order valence-corrected chi connectivity index (χ2v) is 5.36. The van der Waals surface area contributed by atoms with Gasteiger partial charge in [-0.3, -0.25) is 4.79 Å². The molecule has 1 atom stereocenters. The molecule has 1 aliphatic heterocycles. The monoisotopic (exact) mass is 341 g/mol. The fourth-order valence-corrected chi connectivity index (χ4v) is 2.69. The largest absolute Gasteiger partial charge is 0.466 e. The van der Waals surface area contributed by atoms with Gasteiger partial charge in [0.25, 0.3) is 0 Å². The van der Waals surface area contributed by atoms with Crippen LogP contribution in [-0.2, 0) is 14.3 Å². The molecule has 1 N–H and O–H groups in total. The lowest BCUT2D eigenvalue weighted by molar-refractivity contribution is -0.136. The van der Waals surface area contributed by atoms with E-state index in [0.717, 1.165) is 0 Å². The lowest BCUT2D eigenvalue weighted by Crippen LogP contribution is -2.34. The molecule has 106 valence electrons. The minimum atomic E-state index is -0.493. The Morgan fingerprint density at radius 2 is 2.20 bits per heavy atom. The average Bonchev–Trinajstić information content (AvgIpc) is 2.40. The number of allylic oxidation sites excluding steroid dienone is 1. The zero-order chi connectivity index (χ0) is 14.9. The van der Waals surface area contributed by atoms with E-state index >= 15 is 0 Å². The van der Waals surface area contributed by atoms with Gasteiger partial charge in [0, 0.05) is 18.0 Å². The van der Waals surface area contributed by atoms with Gasteiger partial charge in [0.15, 0.2) is 0 Å². The standard InChI is InChI=1S/C14H13BrFNO3/c1-7-13(14(19)20-2)9(6-12(18)17-7)8-3-4-11(16)10(15)5-8/h3-5,9H,6H2,1-2H3,(H,17,18)/t9-/m1/s1. The number of carbonyl (C=O) groups is 2. The maximum Gasteiger partial charge on any atom is 0.336 e. The third-order valence-electron chi connectivity index (χ3n) is 3.22. The van der Waals surface area contributed by atoms with Gasteiger partial charge < -0.3 is 10.1 Å². The first-order valence-corrected chi connectivity index (χ1v) is 6.77. The Hall–Kier alpha value is -1.69. The first-order chi connectivity index (χ1) is 9.43. The highest BCUT2D eigenvalue weighted by atomic mass is 79.9. The zero-order valence-corrected chi connectivity index (χ0v) is 12.6. The summed E-state index contributed by atoms with van der Waals surface area (Å²) in [6.07, 6.45) is 0.125. The summed E-state index contributed by atoms with van der Waals surface area (Å²) < 4.78 is 18.4. The summed E-state index contributed by atoms with van der Waals surface area (Å²) in [4.78, 5) is 23.6. The van der Waals surface area contributed by atoms with Crippen LogP contribution >= 0.6 is 15.9 Å². The number of carbonyl (C=O) groups excluding carboxylic acids is 2. The minimum absolute atomic E-state index is 0.125. The van der Waals surface area contributed by atoms with Crippen LogP contribution in [0.25, 0.3) is 0 Å². The number of hydrogen-bond acceptors (Lipinski definition) is 3. The molecule has 0 saturated heterocycles. The van der Waals surface area contributed by atoms with Gasteiger partial charge in [-0.05, 0) is 40.5 Å². The van der Waals surface area contributed by atoms with Crippen LogP contribution in [0, 0.1) is 5.82 Å². The van der Waals surface area contributed by atoms with Gasteiger partial charge in [0.1, 0.15) is 5.82 Å². The highest BCUT2D eigenvalue weighted by Crippen LogP contribution is 2.34. The van der Waals surface area contributed by atoms with Crippen molar-refractivity contribution < 1.29 is 18.7 Å². The molecule has 0 aliphatic carbocycles. The van der Waals surface area contributed by atoms with Crippen LogP contribution < -0.4 is 5.32 Å². The maximum atomic E-state index is 13.3. The van der Waals surface area contributed by atoms with Crippen LogP contribution in [0.4, 0.5) is 4.39 Å². The molecule has 1 aromatic carbocycles. The lowest BCUT2D eigenvalue weighted by atomic mass is 9.84. The fourth-order valence-electron chi connectivity index (χ4n) is 2.30. The van der Waals surface area contributed by atoms with Gasteiger partial charge in [0.2, 0.25) is 5.91 Å². The Bertz CT molecular complexity index is 612. The van der Waals surface area contributed by atoms with Crippen molar-refractivity contribution in [3.63, 3.8) is 0 Å². The molecule has 1 aliphatic rings. The number of ether oxygens (including phenoxy) is 1. The maximum absolute atomic E-state index is 13.3. The van der Waals surface area contributed by atoms with Gasteiger partial charge in [-0.1, -0.05) is 6.07 Å². The third kappa shape index (κ3) is 2.75. The molecular formula is C14H13BrFNO3. The Labute approximate surface area is 124 Å². The Morgan fingerprint density at radius 3 is 2.80 bits per heavy atom. The normalized spacial score (nSPS) is 18.8. The number of halogens is 2. The summed E-state index contributed by atoms with van der Waals surface area (Å²) >= 11 is 3.11. The van der Waals surface area contributed by atoms with Crippen LogP contribution in [-0.4, -0.2) is 19.0 Å². The SMILES string of the molecule is COC(=O)C1=C(C)NC(=O)C[C@@H]1c1ccc(F)c(Br)c1.